The summed E-state index contributed by atoms with van der Waals surface area (Å²) in [4.78, 5) is 14.1. The van der Waals surface area contributed by atoms with E-state index >= 15 is 0 Å². The standard InChI is InChI=1S/C15H19N5O3S2/c1-12-3-2-4-13(9-12)19-5-7-20(8-6-19)25(22,23)10-14(21)17-15-18-16-11-24-15/h2-4,9,11H,5-8,10H2,1H3,(H,17,18,21). The largest absolute Gasteiger partial charge is 0.369 e. The molecule has 1 aliphatic heterocycles. The Morgan fingerprint density at radius 2 is 2.04 bits per heavy atom. The van der Waals surface area contributed by atoms with Gasteiger partial charge in [-0.2, -0.15) is 4.31 Å². The topological polar surface area (TPSA) is 95.5 Å². The molecule has 8 nitrogen and oxygen atoms in total. The number of carbonyl (C=O) groups is 1. The zero-order valence-corrected chi connectivity index (χ0v) is 15.4. The van der Waals surface area contributed by atoms with Crippen LogP contribution in [0.4, 0.5) is 10.8 Å². The molecule has 10 heteroatoms. The van der Waals surface area contributed by atoms with Gasteiger partial charge in [-0.3, -0.25) is 10.1 Å². The van der Waals surface area contributed by atoms with Crippen molar-refractivity contribution in [1.82, 2.24) is 14.5 Å². The number of aryl methyl sites for hydroxylation is 1. The highest BCUT2D eigenvalue weighted by atomic mass is 32.2. The van der Waals surface area contributed by atoms with Crippen molar-refractivity contribution in [3.63, 3.8) is 0 Å². The summed E-state index contributed by atoms with van der Waals surface area (Å²) in [6, 6.07) is 8.12. The molecule has 1 fully saturated rings. The van der Waals surface area contributed by atoms with Gasteiger partial charge in [-0.15, -0.1) is 10.2 Å². The number of rotatable bonds is 5. The van der Waals surface area contributed by atoms with Crippen LogP contribution in [0.15, 0.2) is 29.8 Å². The molecule has 1 aliphatic rings. The third-order valence-electron chi connectivity index (χ3n) is 3.92. The van der Waals surface area contributed by atoms with Crippen LogP contribution in [0, 0.1) is 6.92 Å². The van der Waals surface area contributed by atoms with E-state index in [0.29, 0.717) is 31.3 Å². The summed E-state index contributed by atoms with van der Waals surface area (Å²) in [6.45, 7) is 3.95. The van der Waals surface area contributed by atoms with E-state index in [0.717, 1.165) is 17.0 Å². The number of nitrogens with zero attached hydrogens (tertiary/aromatic N) is 4. The molecule has 0 aliphatic carbocycles. The molecule has 0 spiro atoms. The molecule has 2 aromatic rings. The van der Waals surface area contributed by atoms with Gasteiger partial charge < -0.3 is 4.90 Å². The smallest absolute Gasteiger partial charge is 0.242 e. The number of aromatic nitrogens is 2. The van der Waals surface area contributed by atoms with Crippen molar-refractivity contribution >= 4 is 38.1 Å². The predicted molar refractivity (Wildman–Crippen MR) is 97.3 cm³/mol. The van der Waals surface area contributed by atoms with Gasteiger partial charge in [-0.25, -0.2) is 8.42 Å². The maximum absolute atomic E-state index is 12.4. The molecule has 0 unspecified atom stereocenters. The average molecular weight is 381 g/mol. The number of piperazine rings is 1. The van der Waals surface area contributed by atoms with Gasteiger partial charge in [0.25, 0.3) is 0 Å². The summed E-state index contributed by atoms with van der Waals surface area (Å²) in [7, 11) is -3.65. The number of nitrogens with one attached hydrogen (secondary N) is 1. The number of carbonyl (C=O) groups excluding carboxylic acids is 1. The van der Waals surface area contributed by atoms with Gasteiger partial charge in [0.05, 0.1) is 0 Å². The van der Waals surface area contributed by atoms with E-state index in [9.17, 15) is 13.2 Å². The Morgan fingerprint density at radius 3 is 2.68 bits per heavy atom. The molecule has 0 bridgehead atoms. The van der Waals surface area contributed by atoms with Crippen LogP contribution in [0.25, 0.3) is 0 Å². The van der Waals surface area contributed by atoms with E-state index in [1.54, 1.807) is 0 Å². The predicted octanol–water partition coefficient (Wildman–Crippen LogP) is 0.937. The fourth-order valence-corrected chi connectivity index (χ4v) is 4.46. The van der Waals surface area contributed by atoms with Crippen molar-refractivity contribution in [1.29, 1.82) is 0 Å². The number of hydrogen-bond acceptors (Lipinski definition) is 7. The molecule has 0 atom stereocenters. The first-order valence-electron chi connectivity index (χ1n) is 7.79. The molecule has 134 valence electrons. The van der Waals surface area contributed by atoms with Crippen LogP contribution >= 0.6 is 11.3 Å². The lowest BCUT2D eigenvalue weighted by molar-refractivity contribution is -0.113. The molecule has 3 rings (SSSR count). The lowest BCUT2D eigenvalue weighted by Crippen LogP contribution is -2.50. The van der Waals surface area contributed by atoms with Crippen LogP contribution in [0.2, 0.25) is 0 Å². The monoisotopic (exact) mass is 381 g/mol. The minimum absolute atomic E-state index is 0.296. The van der Waals surface area contributed by atoms with Gasteiger partial charge in [0.1, 0.15) is 11.3 Å². The second-order valence-corrected chi connectivity index (χ2v) is 8.58. The van der Waals surface area contributed by atoms with Crippen molar-refractivity contribution in [3.8, 4) is 0 Å². The van der Waals surface area contributed by atoms with Crippen molar-refractivity contribution < 1.29 is 13.2 Å². The molecule has 1 aromatic carbocycles. The quantitative estimate of drug-likeness (QED) is 0.828. The summed E-state index contributed by atoms with van der Waals surface area (Å²) in [6.07, 6.45) is 0. The molecule has 25 heavy (non-hydrogen) atoms. The zero-order valence-electron chi connectivity index (χ0n) is 13.8. The fourth-order valence-electron chi connectivity index (χ4n) is 2.69. The van der Waals surface area contributed by atoms with E-state index in [4.69, 9.17) is 0 Å². The molecule has 1 N–H and O–H groups in total. The van der Waals surface area contributed by atoms with Gasteiger partial charge in [-0.05, 0) is 24.6 Å². The minimum Gasteiger partial charge on any atom is -0.369 e. The normalized spacial score (nSPS) is 16.0. The van der Waals surface area contributed by atoms with Crippen LogP contribution in [-0.2, 0) is 14.8 Å². The Bertz CT molecular complexity index is 831. The second-order valence-electron chi connectivity index (χ2n) is 5.77. The Morgan fingerprint density at radius 1 is 1.28 bits per heavy atom. The van der Waals surface area contributed by atoms with Crippen molar-refractivity contribution in [2.24, 2.45) is 0 Å². The Labute approximate surface area is 150 Å². The van der Waals surface area contributed by atoms with E-state index in [1.165, 1.54) is 15.4 Å². The van der Waals surface area contributed by atoms with Crippen LogP contribution in [0.3, 0.4) is 0 Å². The lowest BCUT2D eigenvalue weighted by atomic mass is 10.2. The summed E-state index contributed by atoms with van der Waals surface area (Å²) in [5.74, 6) is -1.19. The van der Waals surface area contributed by atoms with E-state index in [2.05, 4.69) is 26.5 Å². The number of amides is 1. The summed E-state index contributed by atoms with van der Waals surface area (Å²) >= 11 is 1.14. The molecule has 1 saturated heterocycles. The van der Waals surface area contributed by atoms with Crippen molar-refractivity contribution in [3.05, 3.63) is 35.3 Å². The zero-order chi connectivity index (χ0) is 17.9. The molecule has 0 saturated carbocycles. The van der Waals surface area contributed by atoms with Gasteiger partial charge in [0, 0.05) is 31.9 Å². The van der Waals surface area contributed by atoms with E-state index < -0.39 is 21.7 Å². The molecule has 0 radical (unpaired) electrons. The first-order chi connectivity index (χ1) is 11.9. The highest BCUT2D eigenvalue weighted by Crippen LogP contribution is 2.19. The first kappa shape index (κ1) is 17.8. The second kappa shape index (κ2) is 7.46. The molecule has 1 aromatic heterocycles. The summed E-state index contributed by atoms with van der Waals surface area (Å²) < 4.78 is 26.2. The van der Waals surface area contributed by atoms with E-state index in [1.807, 2.05) is 25.1 Å². The first-order valence-corrected chi connectivity index (χ1v) is 10.3. The van der Waals surface area contributed by atoms with Crippen LogP contribution in [0.5, 0.6) is 0 Å². The van der Waals surface area contributed by atoms with Gasteiger partial charge in [0.2, 0.25) is 21.1 Å². The van der Waals surface area contributed by atoms with Gasteiger partial charge >= 0.3 is 0 Å². The number of anilines is 2. The van der Waals surface area contributed by atoms with Crippen molar-refractivity contribution in [2.45, 2.75) is 6.92 Å². The average Bonchev–Trinajstić information content (AvgIpc) is 3.07. The van der Waals surface area contributed by atoms with Crippen molar-refractivity contribution in [2.75, 3.05) is 42.1 Å². The SMILES string of the molecule is Cc1cccc(N2CCN(S(=O)(=O)CC(=O)Nc3nncs3)CC2)c1. The molecular formula is C15H19N5O3S2. The minimum atomic E-state index is -3.65. The Balaban J connectivity index is 1.56. The van der Waals surface area contributed by atoms with Crippen LogP contribution < -0.4 is 10.2 Å². The Kier molecular flexibility index (Phi) is 5.30. The van der Waals surface area contributed by atoms with Gasteiger partial charge in [-0.1, -0.05) is 23.5 Å². The highest BCUT2D eigenvalue weighted by molar-refractivity contribution is 7.89. The third-order valence-corrected chi connectivity index (χ3v) is 6.30. The lowest BCUT2D eigenvalue weighted by Gasteiger charge is -2.35. The van der Waals surface area contributed by atoms with Gasteiger partial charge in [0.15, 0.2) is 0 Å². The number of hydrogen-bond donors (Lipinski definition) is 1. The highest BCUT2D eigenvalue weighted by Gasteiger charge is 2.29. The number of benzene rings is 1. The molecular weight excluding hydrogens is 362 g/mol. The molecule has 2 heterocycles. The maximum atomic E-state index is 12.4. The summed E-state index contributed by atoms with van der Waals surface area (Å²) in [5, 5.41) is 10.0. The number of sulfonamides is 1. The Hall–Kier alpha value is -2.04. The summed E-state index contributed by atoms with van der Waals surface area (Å²) in [5.41, 5.74) is 3.72. The van der Waals surface area contributed by atoms with Crippen LogP contribution in [0.1, 0.15) is 5.56 Å². The van der Waals surface area contributed by atoms with Crippen LogP contribution in [-0.4, -0.2) is 60.8 Å². The third kappa shape index (κ3) is 4.53. The van der Waals surface area contributed by atoms with E-state index in [-0.39, 0.29) is 0 Å². The fraction of sp³-hybridized carbons (Fsp3) is 0.400. The molecule has 1 amide bonds. The maximum Gasteiger partial charge on any atom is 0.242 e.